The van der Waals surface area contributed by atoms with Crippen LogP contribution in [0.25, 0.3) is 0 Å². The van der Waals surface area contributed by atoms with Gasteiger partial charge in [0, 0.05) is 11.5 Å². The SMILES string of the molecule is COc1ccccc1C(=O)NC(c1cccc(F)c1F)(C1CCNCC1)S(N)(=O)=O. The van der Waals surface area contributed by atoms with E-state index in [1.165, 1.54) is 25.3 Å². The maximum Gasteiger partial charge on any atom is 0.256 e. The molecule has 0 saturated carbocycles. The van der Waals surface area contributed by atoms with Crippen molar-refractivity contribution in [3.8, 4) is 5.75 Å². The molecule has 0 spiro atoms. The van der Waals surface area contributed by atoms with Gasteiger partial charge in [0.1, 0.15) is 5.75 Å². The maximum absolute atomic E-state index is 14.9. The molecule has 3 rings (SSSR count). The van der Waals surface area contributed by atoms with Gasteiger partial charge in [0.05, 0.1) is 12.7 Å². The summed E-state index contributed by atoms with van der Waals surface area (Å²) in [4.78, 5) is 10.8. The van der Waals surface area contributed by atoms with Crippen LogP contribution in [0.15, 0.2) is 42.5 Å². The van der Waals surface area contributed by atoms with Crippen molar-refractivity contribution in [2.24, 2.45) is 11.1 Å². The van der Waals surface area contributed by atoms with Crippen LogP contribution in [0.5, 0.6) is 5.75 Å². The molecule has 1 aliphatic rings. The Kier molecular flexibility index (Phi) is 6.39. The minimum Gasteiger partial charge on any atom is -0.496 e. The topological polar surface area (TPSA) is 111 Å². The van der Waals surface area contributed by atoms with Gasteiger partial charge in [-0.1, -0.05) is 24.3 Å². The van der Waals surface area contributed by atoms with Crippen LogP contribution in [0, 0.1) is 17.6 Å². The van der Waals surface area contributed by atoms with Crippen LogP contribution in [-0.4, -0.2) is 34.5 Å². The first-order chi connectivity index (χ1) is 14.2. The number of nitrogens with two attached hydrogens (primary N) is 1. The van der Waals surface area contributed by atoms with Gasteiger partial charge in [-0.05, 0) is 44.1 Å². The Labute approximate surface area is 173 Å². The number of para-hydroxylation sites is 1. The molecule has 1 fully saturated rings. The molecule has 7 nitrogen and oxygen atoms in total. The molecule has 1 atom stereocenters. The van der Waals surface area contributed by atoms with E-state index in [-0.39, 0.29) is 24.2 Å². The van der Waals surface area contributed by atoms with Crippen molar-refractivity contribution in [1.29, 1.82) is 0 Å². The van der Waals surface area contributed by atoms with Crippen LogP contribution in [0.2, 0.25) is 0 Å². The standard InChI is InChI=1S/C20H23F2N3O4S/c1-29-17-8-3-2-5-14(17)19(26)25-20(30(23,27)28,13-9-11-24-12-10-13)15-6-4-7-16(21)18(15)22/h2-8,13,24H,9-12H2,1H3,(H,25,26)(H2,23,27,28). The Morgan fingerprint density at radius 1 is 1.17 bits per heavy atom. The van der Waals surface area contributed by atoms with E-state index in [4.69, 9.17) is 9.88 Å². The van der Waals surface area contributed by atoms with Gasteiger partial charge >= 0.3 is 0 Å². The molecular formula is C20H23F2N3O4S. The molecule has 2 aromatic rings. The third kappa shape index (κ3) is 3.90. The summed E-state index contributed by atoms with van der Waals surface area (Å²) in [5.74, 6) is -4.03. The van der Waals surface area contributed by atoms with Crippen molar-refractivity contribution < 1.29 is 26.7 Å². The lowest BCUT2D eigenvalue weighted by Gasteiger charge is -2.41. The Morgan fingerprint density at radius 2 is 1.83 bits per heavy atom. The van der Waals surface area contributed by atoms with Crippen molar-refractivity contribution in [3.05, 3.63) is 65.2 Å². The number of nitrogens with one attached hydrogen (secondary N) is 2. The van der Waals surface area contributed by atoms with E-state index in [0.717, 1.165) is 12.1 Å². The van der Waals surface area contributed by atoms with Crippen LogP contribution in [0.4, 0.5) is 8.78 Å². The van der Waals surface area contributed by atoms with Crippen molar-refractivity contribution in [3.63, 3.8) is 0 Å². The molecule has 1 heterocycles. The predicted molar refractivity (Wildman–Crippen MR) is 107 cm³/mol. The number of methoxy groups -OCH3 is 1. The lowest BCUT2D eigenvalue weighted by molar-refractivity contribution is 0.0884. The first kappa shape index (κ1) is 22.1. The summed E-state index contributed by atoms with van der Waals surface area (Å²) >= 11 is 0. The molecule has 1 aliphatic heterocycles. The quantitative estimate of drug-likeness (QED) is 0.636. The number of rotatable bonds is 6. The Morgan fingerprint density at radius 3 is 2.47 bits per heavy atom. The molecule has 10 heteroatoms. The van der Waals surface area contributed by atoms with Crippen LogP contribution in [0.1, 0.15) is 28.8 Å². The summed E-state index contributed by atoms with van der Waals surface area (Å²) in [6.07, 6.45) is 0.553. The number of sulfonamides is 1. The average molecular weight is 439 g/mol. The second-order valence-electron chi connectivity index (χ2n) is 7.06. The summed E-state index contributed by atoms with van der Waals surface area (Å²) in [7, 11) is -3.29. The van der Waals surface area contributed by atoms with Crippen molar-refractivity contribution >= 4 is 15.9 Å². The van der Waals surface area contributed by atoms with Crippen LogP contribution >= 0.6 is 0 Å². The Balaban J connectivity index is 2.22. The summed E-state index contributed by atoms with van der Waals surface area (Å²) in [5, 5.41) is 11.1. The van der Waals surface area contributed by atoms with E-state index in [2.05, 4.69) is 10.6 Å². The zero-order valence-corrected chi connectivity index (χ0v) is 17.1. The second-order valence-corrected chi connectivity index (χ2v) is 8.79. The molecule has 1 amide bonds. The zero-order valence-electron chi connectivity index (χ0n) is 16.3. The van der Waals surface area contributed by atoms with Crippen molar-refractivity contribution in [1.82, 2.24) is 10.6 Å². The summed E-state index contributed by atoms with van der Waals surface area (Å²) in [6, 6.07) is 9.37. The third-order valence-electron chi connectivity index (χ3n) is 5.37. The van der Waals surface area contributed by atoms with Gasteiger partial charge in [-0.2, -0.15) is 0 Å². The van der Waals surface area contributed by atoms with E-state index < -0.39 is 43.9 Å². The zero-order chi connectivity index (χ0) is 21.9. The fourth-order valence-corrected chi connectivity index (χ4v) is 5.33. The lowest BCUT2D eigenvalue weighted by atomic mass is 9.84. The first-order valence-electron chi connectivity index (χ1n) is 9.35. The van der Waals surface area contributed by atoms with Crippen LogP contribution in [-0.2, 0) is 14.9 Å². The van der Waals surface area contributed by atoms with E-state index in [9.17, 15) is 22.0 Å². The normalized spacial score (nSPS) is 17.2. The van der Waals surface area contributed by atoms with Crippen LogP contribution < -0.4 is 20.5 Å². The summed E-state index contributed by atoms with van der Waals surface area (Å²) in [5.41, 5.74) is -0.487. The molecule has 0 aliphatic carbocycles. The Hall–Kier alpha value is -2.56. The number of hydrogen-bond donors (Lipinski definition) is 3. The Bertz CT molecular complexity index is 1040. The van der Waals surface area contributed by atoms with E-state index in [1.54, 1.807) is 12.1 Å². The molecular weight excluding hydrogens is 416 g/mol. The highest BCUT2D eigenvalue weighted by molar-refractivity contribution is 7.90. The second kappa shape index (κ2) is 8.66. The molecule has 162 valence electrons. The van der Waals surface area contributed by atoms with E-state index >= 15 is 0 Å². The number of ether oxygens (including phenoxy) is 1. The number of primary sulfonamides is 1. The third-order valence-corrected chi connectivity index (χ3v) is 6.92. The summed E-state index contributed by atoms with van der Waals surface area (Å²) < 4.78 is 60.1. The maximum atomic E-state index is 14.9. The molecule has 0 radical (unpaired) electrons. The minimum atomic E-state index is -4.65. The summed E-state index contributed by atoms with van der Waals surface area (Å²) in [6.45, 7) is 0.868. The lowest BCUT2D eigenvalue weighted by Crippen LogP contribution is -2.61. The van der Waals surface area contributed by atoms with Gasteiger partial charge in [0.25, 0.3) is 5.91 Å². The minimum absolute atomic E-state index is 0.0405. The molecule has 4 N–H and O–H groups in total. The average Bonchev–Trinajstić information content (AvgIpc) is 2.73. The molecule has 2 aromatic carbocycles. The number of benzene rings is 2. The molecule has 1 saturated heterocycles. The fraction of sp³-hybridized carbons (Fsp3) is 0.350. The van der Waals surface area contributed by atoms with Crippen molar-refractivity contribution in [2.75, 3.05) is 20.2 Å². The molecule has 1 unspecified atom stereocenters. The first-order valence-corrected chi connectivity index (χ1v) is 10.9. The highest BCUT2D eigenvalue weighted by Crippen LogP contribution is 2.41. The van der Waals surface area contributed by atoms with E-state index in [1.807, 2.05) is 0 Å². The number of carbonyl (C=O) groups is 1. The molecule has 0 bridgehead atoms. The fourth-order valence-electron chi connectivity index (χ4n) is 3.93. The highest BCUT2D eigenvalue weighted by Gasteiger charge is 2.53. The smallest absolute Gasteiger partial charge is 0.256 e. The van der Waals surface area contributed by atoms with Crippen LogP contribution in [0.3, 0.4) is 0 Å². The monoisotopic (exact) mass is 439 g/mol. The number of amides is 1. The van der Waals surface area contributed by atoms with Gasteiger partial charge in [-0.3, -0.25) is 4.79 Å². The van der Waals surface area contributed by atoms with Gasteiger partial charge in [-0.15, -0.1) is 0 Å². The van der Waals surface area contributed by atoms with Crippen molar-refractivity contribution in [2.45, 2.75) is 17.7 Å². The molecule has 30 heavy (non-hydrogen) atoms. The number of carbonyl (C=O) groups excluding carboxylic acids is 1. The number of hydrogen-bond acceptors (Lipinski definition) is 5. The number of piperidine rings is 1. The molecule has 0 aromatic heterocycles. The van der Waals surface area contributed by atoms with Gasteiger partial charge in [-0.25, -0.2) is 22.3 Å². The highest BCUT2D eigenvalue weighted by atomic mass is 32.2. The van der Waals surface area contributed by atoms with Gasteiger partial charge < -0.3 is 15.4 Å². The largest absolute Gasteiger partial charge is 0.496 e. The number of halogens is 2. The van der Waals surface area contributed by atoms with Gasteiger partial charge in [0.2, 0.25) is 10.0 Å². The van der Waals surface area contributed by atoms with E-state index in [0.29, 0.717) is 13.1 Å². The van der Waals surface area contributed by atoms with Gasteiger partial charge in [0.15, 0.2) is 16.5 Å². The predicted octanol–water partition coefficient (Wildman–Crippen LogP) is 1.84.